The van der Waals surface area contributed by atoms with Crippen molar-refractivity contribution in [2.24, 2.45) is 0 Å². The molecule has 0 aliphatic carbocycles. The Bertz CT molecular complexity index is 568. The van der Waals surface area contributed by atoms with Crippen LogP contribution in [0.2, 0.25) is 0 Å². The number of ketones is 1. The molecule has 0 aromatic heterocycles. The lowest BCUT2D eigenvalue weighted by Crippen LogP contribution is -2.12. The van der Waals surface area contributed by atoms with Crippen molar-refractivity contribution in [1.29, 1.82) is 0 Å². The van der Waals surface area contributed by atoms with Gasteiger partial charge in [0.1, 0.15) is 5.75 Å². The zero-order chi connectivity index (χ0) is 13.8. The highest BCUT2D eigenvalue weighted by Gasteiger charge is 2.09. The molecular weight excluding hydrogens is 351 g/mol. The lowest BCUT2D eigenvalue weighted by molar-refractivity contribution is 0.0920. The Labute approximate surface area is 126 Å². The molecule has 98 valence electrons. The average molecular weight is 366 g/mol. The first-order chi connectivity index (χ1) is 9.08. The summed E-state index contributed by atoms with van der Waals surface area (Å²) in [4.78, 5) is 12.0. The summed E-state index contributed by atoms with van der Waals surface area (Å²) in [6.45, 7) is 4.04. The van der Waals surface area contributed by atoms with Crippen molar-refractivity contribution in [2.75, 3.05) is 6.61 Å². The molecule has 2 rings (SSSR count). The smallest absolute Gasteiger partial charge is 0.200 e. The number of Topliss-reactive ketones (excluding diaryl/α,β-unsaturated/α-hetero) is 1. The van der Waals surface area contributed by atoms with Crippen LogP contribution in [0.25, 0.3) is 0 Å². The molecule has 0 aliphatic rings. The molecule has 0 fully saturated rings. The second-order valence-corrected chi connectivity index (χ2v) is 5.69. The fraction of sp³-hybridized carbons (Fsp3) is 0.188. The number of rotatable bonds is 4. The third-order valence-electron chi connectivity index (χ3n) is 2.92. The highest BCUT2D eigenvalue weighted by atomic mass is 127. The maximum atomic E-state index is 12.0. The Morgan fingerprint density at radius 1 is 1.05 bits per heavy atom. The molecule has 0 saturated carbocycles. The number of hydrogen-bond acceptors (Lipinski definition) is 2. The van der Waals surface area contributed by atoms with Crippen LogP contribution in [0.3, 0.4) is 0 Å². The van der Waals surface area contributed by atoms with E-state index in [1.165, 1.54) is 0 Å². The minimum absolute atomic E-state index is 0.000877. The van der Waals surface area contributed by atoms with Gasteiger partial charge in [0.2, 0.25) is 0 Å². The van der Waals surface area contributed by atoms with Crippen LogP contribution in [0.5, 0.6) is 5.75 Å². The van der Waals surface area contributed by atoms with E-state index in [4.69, 9.17) is 4.74 Å². The lowest BCUT2D eigenvalue weighted by Gasteiger charge is -2.11. The van der Waals surface area contributed by atoms with Crippen LogP contribution in [0.4, 0.5) is 0 Å². The number of carbonyl (C=O) groups excluding carboxylic acids is 1. The fourth-order valence-corrected chi connectivity index (χ4v) is 2.24. The van der Waals surface area contributed by atoms with Gasteiger partial charge in [-0.05, 0) is 59.7 Å². The first-order valence-electron chi connectivity index (χ1n) is 6.05. The number of halogens is 1. The SMILES string of the molecule is Cc1cccc(C)c1OCC(=O)c1ccc(I)cc1. The Morgan fingerprint density at radius 3 is 2.21 bits per heavy atom. The molecule has 2 aromatic carbocycles. The summed E-state index contributed by atoms with van der Waals surface area (Å²) >= 11 is 2.22. The third kappa shape index (κ3) is 3.56. The van der Waals surface area contributed by atoms with Gasteiger partial charge in [0, 0.05) is 9.13 Å². The van der Waals surface area contributed by atoms with E-state index < -0.39 is 0 Å². The molecule has 0 amide bonds. The second-order valence-electron chi connectivity index (χ2n) is 4.44. The molecule has 0 N–H and O–H groups in total. The molecule has 0 saturated heterocycles. The number of carbonyl (C=O) groups is 1. The number of benzene rings is 2. The van der Waals surface area contributed by atoms with Crippen molar-refractivity contribution in [3.63, 3.8) is 0 Å². The van der Waals surface area contributed by atoms with Crippen LogP contribution in [0.15, 0.2) is 42.5 Å². The van der Waals surface area contributed by atoms with Crippen LogP contribution < -0.4 is 4.74 Å². The number of hydrogen-bond donors (Lipinski definition) is 0. The summed E-state index contributed by atoms with van der Waals surface area (Å²) in [6, 6.07) is 13.5. The van der Waals surface area contributed by atoms with Crippen molar-refractivity contribution < 1.29 is 9.53 Å². The Hall–Kier alpha value is -1.36. The average Bonchev–Trinajstić information content (AvgIpc) is 2.38. The van der Waals surface area contributed by atoms with E-state index in [2.05, 4.69) is 22.6 Å². The van der Waals surface area contributed by atoms with E-state index in [-0.39, 0.29) is 12.4 Å². The molecule has 0 aliphatic heterocycles. The molecule has 0 unspecified atom stereocenters. The van der Waals surface area contributed by atoms with E-state index in [1.807, 2.05) is 56.3 Å². The predicted octanol–water partition coefficient (Wildman–Crippen LogP) is 4.17. The second kappa shape index (κ2) is 6.19. The molecule has 0 heterocycles. The van der Waals surface area contributed by atoms with Crippen LogP contribution in [0.1, 0.15) is 21.5 Å². The van der Waals surface area contributed by atoms with Crippen LogP contribution in [-0.4, -0.2) is 12.4 Å². The van der Waals surface area contributed by atoms with Gasteiger partial charge in [-0.2, -0.15) is 0 Å². The van der Waals surface area contributed by atoms with Gasteiger partial charge in [0.25, 0.3) is 0 Å². The summed E-state index contributed by atoms with van der Waals surface area (Å²) in [5.74, 6) is 0.806. The highest BCUT2D eigenvalue weighted by Crippen LogP contribution is 2.22. The van der Waals surface area contributed by atoms with Crippen molar-refractivity contribution in [2.45, 2.75) is 13.8 Å². The third-order valence-corrected chi connectivity index (χ3v) is 3.64. The van der Waals surface area contributed by atoms with Crippen molar-refractivity contribution in [3.05, 3.63) is 62.7 Å². The monoisotopic (exact) mass is 366 g/mol. The first-order valence-corrected chi connectivity index (χ1v) is 7.13. The van der Waals surface area contributed by atoms with Gasteiger partial charge < -0.3 is 4.74 Å². The minimum Gasteiger partial charge on any atom is -0.485 e. The van der Waals surface area contributed by atoms with E-state index in [1.54, 1.807) is 0 Å². The van der Waals surface area contributed by atoms with E-state index in [0.29, 0.717) is 5.56 Å². The molecule has 0 spiro atoms. The van der Waals surface area contributed by atoms with Gasteiger partial charge in [-0.15, -0.1) is 0 Å². The molecule has 2 nitrogen and oxygen atoms in total. The molecule has 0 bridgehead atoms. The van der Waals surface area contributed by atoms with E-state index in [9.17, 15) is 4.79 Å². The van der Waals surface area contributed by atoms with Crippen LogP contribution >= 0.6 is 22.6 Å². The van der Waals surface area contributed by atoms with E-state index in [0.717, 1.165) is 20.4 Å². The number of ether oxygens (including phenoxy) is 1. The molecular formula is C16H15IO2. The van der Waals surface area contributed by atoms with Gasteiger partial charge in [0.15, 0.2) is 12.4 Å². The summed E-state index contributed by atoms with van der Waals surface area (Å²) in [5, 5.41) is 0. The minimum atomic E-state index is -0.000877. The fourth-order valence-electron chi connectivity index (χ4n) is 1.88. The normalized spacial score (nSPS) is 10.3. The molecule has 0 atom stereocenters. The number of aryl methyl sites for hydroxylation is 2. The lowest BCUT2D eigenvalue weighted by atomic mass is 10.1. The summed E-state index contributed by atoms with van der Waals surface area (Å²) in [6.07, 6.45) is 0. The van der Waals surface area contributed by atoms with Gasteiger partial charge in [-0.25, -0.2) is 0 Å². The molecule has 0 radical (unpaired) electrons. The van der Waals surface area contributed by atoms with Crippen molar-refractivity contribution in [3.8, 4) is 5.75 Å². The standard InChI is InChI=1S/C16H15IO2/c1-11-4-3-5-12(2)16(11)19-10-15(18)13-6-8-14(17)9-7-13/h3-9H,10H2,1-2H3. The van der Waals surface area contributed by atoms with E-state index >= 15 is 0 Å². The van der Waals surface area contributed by atoms with Gasteiger partial charge in [0.05, 0.1) is 0 Å². The van der Waals surface area contributed by atoms with Gasteiger partial charge in [-0.1, -0.05) is 30.3 Å². The largest absolute Gasteiger partial charge is 0.485 e. The van der Waals surface area contributed by atoms with Gasteiger partial charge in [-0.3, -0.25) is 4.79 Å². The maximum absolute atomic E-state index is 12.0. The topological polar surface area (TPSA) is 26.3 Å². The zero-order valence-corrected chi connectivity index (χ0v) is 13.1. The van der Waals surface area contributed by atoms with Gasteiger partial charge >= 0.3 is 0 Å². The quantitative estimate of drug-likeness (QED) is 0.600. The number of para-hydroxylation sites is 1. The van der Waals surface area contributed by atoms with Crippen LogP contribution in [0, 0.1) is 17.4 Å². The molecule has 19 heavy (non-hydrogen) atoms. The highest BCUT2D eigenvalue weighted by molar-refractivity contribution is 14.1. The zero-order valence-electron chi connectivity index (χ0n) is 10.9. The maximum Gasteiger partial charge on any atom is 0.200 e. The first kappa shape index (κ1) is 14.1. The molecule has 2 aromatic rings. The summed E-state index contributed by atoms with van der Waals surface area (Å²) in [7, 11) is 0. The van der Waals surface area contributed by atoms with Crippen molar-refractivity contribution >= 4 is 28.4 Å². The van der Waals surface area contributed by atoms with Crippen LogP contribution in [-0.2, 0) is 0 Å². The van der Waals surface area contributed by atoms with Crippen molar-refractivity contribution in [1.82, 2.24) is 0 Å². The predicted molar refractivity (Wildman–Crippen MR) is 84.9 cm³/mol. The molecule has 3 heteroatoms. The Morgan fingerprint density at radius 2 is 1.63 bits per heavy atom. The Balaban J connectivity index is 2.06. The summed E-state index contributed by atoms with van der Waals surface area (Å²) in [5.41, 5.74) is 2.79. The summed E-state index contributed by atoms with van der Waals surface area (Å²) < 4.78 is 6.78. The Kier molecular flexibility index (Phi) is 4.58.